The second kappa shape index (κ2) is 7.37. The average molecular weight is 373 g/mol. The van der Waals surface area contributed by atoms with Crippen LogP contribution in [0.3, 0.4) is 0 Å². The molecule has 0 radical (unpaired) electrons. The number of hydrogen-bond acceptors (Lipinski definition) is 2. The normalized spacial score (nSPS) is 23.1. The number of carbonyl (C=O) groups is 1. The molecule has 136 valence electrons. The topological polar surface area (TPSA) is 23.6 Å². The van der Waals surface area contributed by atoms with Gasteiger partial charge in [-0.1, -0.05) is 41.9 Å². The molecule has 2 fully saturated rings. The van der Waals surface area contributed by atoms with Crippen molar-refractivity contribution in [2.24, 2.45) is 5.92 Å². The third-order valence-corrected chi connectivity index (χ3v) is 5.69. The van der Waals surface area contributed by atoms with Gasteiger partial charge < -0.3 is 4.90 Å². The van der Waals surface area contributed by atoms with Crippen molar-refractivity contribution in [2.45, 2.75) is 18.9 Å². The fraction of sp³-hybridized carbons (Fsp3) is 0.381. The van der Waals surface area contributed by atoms with Crippen LogP contribution in [0, 0.1) is 11.7 Å². The molecular formula is C21H22ClFN2O. The van der Waals surface area contributed by atoms with Crippen LogP contribution in [0.25, 0.3) is 0 Å². The molecule has 1 aliphatic carbocycles. The Kier molecular flexibility index (Phi) is 4.96. The average Bonchev–Trinajstić information content (AvgIpc) is 3.45. The molecule has 2 aliphatic rings. The molecule has 4 rings (SSSR count). The van der Waals surface area contributed by atoms with Gasteiger partial charge in [0.1, 0.15) is 5.82 Å². The smallest absolute Gasteiger partial charge is 0.226 e. The van der Waals surface area contributed by atoms with Crippen molar-refractivity contribution >= 4 is 17.5 Å². The number of hydrogen-bond donors (Lipinski definition) is 0. The number of halogens is 2. The van der Waals surface area contributed by atoms with Gasteiger partial charge in [0, 0.05) is 49.2 Å². The van der Waals surface area contributed by atoms with Crippen molar-refractivity contribution in [1.29, 1.82) is 0 Å². The molecule has 0 bridgehead atoms. The summed E-state index contributed by atoms with van der Waals surface area (Å²) in [6, 6.07) is 14.7. The Hall–Kier alpha value is -1.91. The van der Waals surface area contributed by atoms with Gasteiger partial charge in [0.15, 0.2) is 0 Å². The maximum Gasteiger partial charge on any atom is 0.226 e. The molecular weight excluding hydrogens is 351 g/mol. The Bertz CT molecular complexity index is 787. The molecule has 0 N–H and O–H groups in total. The van der Waals surface area contributed by atoms with Gasteiger partial charge >= 0.3 is 0 Å². The standard InChI is InChI=1S/C21H22ClFN2O/c22-17-7-5-15(6-8-17)18-13-19(18)21(26)25-11-9-24(10-12-25)14-16-3-1-2-4-20(16)23/h1-8,18-19H,9-14H2. The Morgan fingerprint density at radius 1 is 1.04 bits per heavy atom. The van der Waals surface area contributed by atoms with Gasteiger partial charge in [-0.2, -0.15) is 0 Å². The van der Waals surface area contributed by atoms with Gasteiger partial charge in [-0.05, 0) is 36.1 Å². The Morgan fingerprint density at radius 3 is 2.42 bits per heavy atom. The molecule has 5 heteroatoms. The summed E-state index contributed by atoms with van der Waals surface area (Å²) < 4.78 is 13.8. The lowest BCUT2D eigenvalue weighted by Gasteiger charge is -2.35. The lowest BCUT2D eigenvalue weighted by molar-refractivity contribution is -0.134. The van der Waals surface area contributed by atoms with E-state index in [2.05, 4.69) is 4.90 Å². The van der Waals surface area contributed by atoms with E-state index in [4.69, 9.17) is 11.6 Å². The Balaban J connectivity index is 1.29. The molecule has 1 amide bonds. The fourth-order valence-corrected chi connectivity index (χ4v) is 3.90. The van der Waals surface area contributed by atoms with Gasteiger partial charge in [0.05, 0.1) is 0 Å². The summed E-state index contributed by atoms with van der Waals surface area (Å²) in [5.74, 6) is 0.538. The predicted molar refractivity (Wildman–Crippen MR) is 101 cm³/mol. The van der Waals surface area contributed by atoms with Crippen molar-refractivity contribution < 1.29 is 9.18 Å². The van der Waals surface area contributed by atoms with Gasteiger partial charge in [-0.3, -0.25) is 9.69 Å². The minimum Gasteiger partial charge on any atom is -0.340 e. The summed E-state index contributed by atoms with van der Waals surface area (Å²) in [4.78, 5) is 16.9. The lowest BCUT2D eigenvalue weighted by atomic mass is 10.1. The molecule has 3 nitrogen and oxygen atoms in total. The monoisotopic (exact) mass is 372 g/mol. The number of nitrogens with zero attached hydrogens (tertiary/aromatic N) is 2. The minimum atomic E-state index is -0.158. The SMILES string of the molecule is O=C(C1CC1c1ccc(Cl)cc1)N1CCN(Cc2ccccc2F)CC1. The number of benzene rings is 2. The number of amides is 1. The van der Waals surface area contributed by atoms with E-state index in [9.17, 15) is 9.18 Å². The minimum absolute atomic E-state index is 0.106. The summed E-state index contributed by atoms with van der Waals surface area (Å²) in [5.41, 5.74) is 1.92. The number of carbonyl (C=O) groups excluding carboxylic acids is 1. The lowest BCUT2D eigenvalue weighted by Crippen LogP contribution is -2.48. The first-order chi connectivity index (χ1) is 12.6. The van der Waals surface area contributed by atoms with Gasteiger partial charge in [0.2, 0.25) is 5.91 Å². The number of rotatable bonds is 4. The zero-order chi connectivity index (χ0) is 18.1. The van der Waals surface area contributed by atoms with E-state index in [1.165, 1.54) is 11.6 Å². The van der Waals surface area contributed by atoms with Crippen LogP contribution in [0.1, 0.15) is 23.5 Å². The summed E-state index contributed by atoms with van der Waals surface area (Å²) in [6.45, 7) is 3.62. The first-order valence-electron chi connectivity index (χ1n) is 9.12. The quantitative estimate of drug-likeness (QED) is 0.812. The molecule has 0 spiro atoms. The predicted octanol–water partition coefficient (Wildman–Crippen LogP) is 3.93. The van der Waals surface area contributed by atoms with E-state index in [1.54, 1.807) is 6.07 Å². The zero-order valence-corrected chi connectivity index (χ0v) is 15.3. The van der Waals surface area contributed by atoms with Crippen molar-refractivity contribution in [3.8, 4) is 0 Å². The molecule has 2 unspecified atom stereocenters. The van der Waals surface area contributed by atoms with Gasteiger partial charge in [0.25, 0.3) is 0 Å². The van der Waals surface area contributed by atoms with Crippen LogP contribution in [0.4, 0.5) is 4.39 Å². The third kappa shape index (κ3) is 3.76. The second-order valence-corrected chi connectivity index (χ2v) is 7.63. The fourth-order valence-electron chi connectivity index (χ4n) is 3.77. The molecule has 2 aromatic rings. The van der Waals surface area contributed by atoms with Crippen LogP contribution in [-0.4, -0.2) is 41.9 Å². The van der Waals surface area contributed by atoms with Crippen LogP contribution < -0.4 is 0 Å². The summed E-state index contributed by atoms with van der Waals surface area (Å²) >= 11 is 5.94. The highest BCUT2D eigenvalue weighted by Crippen LogP contribution is 2.48. The van der Waals surface area contributed by atoms with E-state index in [1.807, 2.05) is 41.3 Å². The molecule has 2 atom stereocenters. The van der Waals surface area contributed by atoms with Crippen LogP contribution in [-0.2, 0) is 11.3 Å². The Labute approximate surface area is 158 Å². The molecule has 26 heavy (non-hydrogen) atoms. The summed E-state index contributed by atoms with van der Waals surface area (Å²) in [6.07, 6.45) is 0.926. The highest BCUT2D eigenvalue weighted by Gasteiger charge is 2.46. The second-order valence-electron chi connectivity index (χ2n) is 7.19. The van der Waals surface area contributed by atoms with E-state index < -0.39 is 0 Å². The summed E-state index contributed by atoms with van der Waals surface area (Å²) in [5, 5.41) is 0.725. The van der Waals surface area contributed by atoms with E-state index in [0.717, 1.165) is 43.2 Å². The maximum atomic E-state index is 13.8. The van der Waals surface area contributed by atoms with Crippen LogP contribution in [0.5, 0.6) is 0 Å². The number of piperazine rings is 1. The largest absolute Gasteiger partial charge is 0.340 e. The molecule has 2 aromatic carbocycles. The first kappa shape index (κ1) is 17.5. The molecule has 1 heterocycles. The molecule has 1 saturated carbocycles. The molecule has 1 aliphatic heterocycles. The van der Waals surface area contributed by atoms with Gasteiger partial charge in [-0.25, -0.2) is 4.39 Å². The maximum absolute atomic E-state index is 13.8. The highest BCUT2D eigenvalue weighted by molar-refractivity contribution is 6.30. The van der Waals surface area contributed by atoms with Crippen molar-refractivity contribution in [3.05, 3.63) is 70.5 Å². The highest BCUT2D eigenvalue weighted by atomic mass is 35.5. The third-order valence-electron chi connectivity index (χ3n) is 5.44. The van der Waals surface area contributed by atoms with E-state index >= 15 is 0 Å². The first-order valence-corrected chi connectivity index (χ1v) is 9.49. The van der Waals surface area contributed by atoms with E-state index in [0.29, 0.717) is 12.5 Å². The van der Waals surface area contributed by atoms with Crippen LogP contribution in [0.2, 0.25) is 5.02 Å². The van der Waals surface area contributed by atoms with Gasteiger partial charge in [-0.15, -0.1) is 0 Å². The van der Waals surface area contributed by atoms with Crippen molar-refractivity contribution in [3.63, 3.8) is 0 Å². The Morgan fingerprint density at radius 2 is 1.73 bits per heavy atom. The van der Waals surface area contributed by atoms with Crippen LogP contribution in [0.15, 0.2) is 48.5 Å². The summed E-state index contributed by atoms with van der Waals surface area (Å²) in [7, 11) is 0. The van der Waals surface area contributed by atoms with Crippen LogP contribution >= 0.6 is 11.6 Å². The van der Waals surface area contributed by atoms with Crippen molar-refractivity contribution in [1.82, 2.24) is 9.80 Å². The molecule has 1 saturated heterocycles. The van der Waals surface area contributed by atoms with E-state index in [-0.39, 0.29) is 17.6 Å². The zero-order valence-electron chi connectivity index (χ0n) is 14.6. The molecule has 0 aromatic heterocycles. The van der Waals surface area contributed by atoms with Crippen molar-refractivity contribution in [2.75, 3.05) is 26.2 Å².